The molecule has 0 aliphatic heterocycles. The van der Waals surface area contributed by atoms with Gasteiger partial charge in [0, 0.05) is 6.54 Å². The third-order valence-electron chi connectivity index (χ3n) is 1.86. The van der Waals surface area contributed by atoms with Crippen LogP contribution in [-0.2, 0) is 11.0 Å². The van der Waals surface area contributed by atoms with Gasteiger partial charge in [0.1, 0.15) is 11.4 Å². The lowest BCUT2D eigenvalue weighted by molar-refractivity contribution is -0.135. The number of aliphatic carboxylic acids is 1. The van der Waals surface area contributed by atoms with Gasteiger partial charge in [-0.3, -0.25) is 4.79 Å². The Kier molecular flexibility index (Phi) is 4.33. The SMILES string of the molecule is CCCN(CC(=O)O)c1ncc(C(F)(F)F)s1. The number of carboxylic acids is 1. The van der Waals surface area contributed by atoms with Crippen LogP contribution in [0.25, 0.3) is 0 Å². The lowest BCUT2D eigenvalue weighted by Gasteiger charge is -2.18. The molecule has 0 aromatic carbocycles. The summed E-state index contributed by atoms with van der Waals surface area (Å²) in [5, 5.41) is 8.74. The van der Waals surface area contributed by atoms with Crippen LogP contribution in [0.1, 0.15) is 18.2 Å². The standard InChI is InChI=1S/C9H11F3N2O2S/c1-2-3-14(5-7(15)16)8-13-4-6(17-8)9(10,11)12/h4H,2-3,5H2,1H3,(H,15,16). The summed E-state index contributed by atoms with van der Waals surface area (Å²) in [6, 6.07) is 0. The molecule has 0 atom stereocenters. The smallest absolute Gasteiger partial charge is 0.427 e. The van der Waals surface area contributed by atoms with Crippen molar-refractivity contribution in [3.8, 4) is 0 Å². The molecular formula is C9H11F3N2O2S. The number of alkyl halides is 3. The number of halogens is 3. The largest absolute Gasteiger partial charge is 0.480 e. The number of thiazole rings is 1. The summed E-state index contributed by atoms with van der Waals surface area (Å²) in [6.07, 6.45) is -3.07. The molecule has 1 aromatic rings. The maximum atomic E-state index is 12.3. The van der Waals surface area contributed by atoms with E-state index in [4.69, 9.17) is 5.11 Å². The number of anilines is 1. The van der Waals surface area contributed by atoms with Gasteiger partial charge >= 0.3 is 12.1 Å². The first kappa shape index (κ1) is 13.8. The van der Waals surface area contributed by atoms with Crippen molar-refractivity contribution in [1.82, 2.24) is 4.98 Å². The third kappa shape index (κ3) is 3.88. The molecule has 0 amide bonds. The van der Waals surface area contributed by atoms with Crippen molar-refractivity contribution in [1.29, 1.82) is 0 Å². The van der Waals surface area contributed by atoms with Crippen molar-refractivity contribution in [3.05, 3.63) is 11.1 Å². The zero-order valence-corrected chi connectivity index (χ0v) is 9.81. The van der Waals surface area contributed by atoms with Crippen LogP contribution in [0.2, 0.25) is 0 Å². The fourth-order valence-corrected chi connectivity index (χ4v) is 2.03. The lowest BCUT2D eigenvalue weighted by Crippen LogP contribution is -2.30. The molecule has 0 aliphatic rings. The summed E-state index contributed by atoms with van der Waals surface area (Å²) in [5.74, 6) is -1.10. The molecule has 0 aliphatic carbocycles. The number of nitrogens with zero attached hydrogens (tertiary/aromatic N) is 2. The van der Waals surface area contributed by atoms with Crippen LogP contribution in [-0.4, -0.2) is 29.1 Å². The lowest BCUT2D eigenvalue weighted by atomic mass is 10.4. The molecule has 1 heterocycles. The molecule has 0 bridgehead atoms. The van der Waals surface area contributed by atoms with Crippen LogP contribution in [0.15, 0.2) is 6.20 Å². The van der Waals surface area contributed by atoms with Gasteiger partial charge in [-0.25, -0.2) is 4.98 Å². The first-order chi connectivity index (χ1) is 7.84. The maximum Gasteiger partial charge on any atom is 0.427 e. The Morgan fingerprint density at radius 3 is 2.65 bits per heavy atom. The highest BCUT2D eigenvalue weighted by molar-refractivity contribution is 7.15. The average Bonchev–Trinajstić information content (AvgIpc) is 2.64. The van der Waals surface area contributed by atoms with Crippen molar-refractivity contribution < 1.29 is 23.1 Å². The summed E-state index contributed by atoms with van der Waals surface area (Å²) < 4.78 is 37.0. The van der Waals surface area contributed by atoms with Gasteiger partial charge < -0.3 is 10.0 Å². The first-order valence-electron chi connectivity index (χ1n) is 4.84. The van der Waals surface area contributed by atoms with E-state index >= 15 is 0 Å². The highest BCUT2D eigenvalue weighted by atomic mass is 32.1. The summed E-state index contributed by atoms with van der Waals surface area (Å²) in [4.78, 5) is 14.7. The quantitative estimate of drug-likeness (QED) is 0.891. The Labute approximate surface area is 99.7 Å². The first-order valence-corrected chi connectivity index (χ1v) is 5.66. The van der Waals surface area contributed by atoms with E-state index in [1.165, 1.54) is 4.90 Å². The molecule has 8 heteroatoms. The number of carbonyl (C=O) groups is 1. The fourth-order valence-electron chi connectivity index (χ4n) is 1.22. The minimum Gasteiger partial charge on any atom is -0.480 e. The molecule has 1 aromatic heterocycles. The molecule has 0 radical (unpaired) electrons. The second-order valence-electron chi connectivity index (χ2n) is 3.32. The minimum atomic E-state index is -4.43. The predicted octanol–water partition coefficient (Wildman–Crippen LogP) is 2.46. The van der Waals surface area contributed by atoms with Crippen molar-refractivity contribution in [2.45, 2.75) is 19.5 Å². The van der Waals surface area contributed by atoms with Gasteiger partial charge in [0.25, 0.3) is 0 Å². The molecular weight excluding hydrogens is 257 g/mol. The van der Waals surface area contributed by atoms with Crippen molar-refractivity contribution in [2.24, 2.45) is 0 Å². The Bertz CT molecular complexity index is 392. The highest BCUT2D eigenvalue weighted by Crippen LogP contribution is 2.36. The Morgan fingerprint density at radius 2 is 2.24 bits per heavy atom. The topological polar surface area (TPSA) is 53.4 Å². The molecule has 1 N–H and O–H groups in total. The maximum absolute atomic E-state index is 12.3. The van der Waals surface area contributed by atoms with Crippen LogP contribution in [0.3, 0.4) is 0 Å². The second kappa shape index (κ2) is 5.35. The number of hydrogen-bond donors (Lipinski definition) is 1. The van der Waals surface area contributed by atoms with Gasteiger partial charge in [-0.1, -0.05) is 18.3 Å². The summed E-state index contributed by atoms with van der Waals surface area (Å²) >= 11 is 0.456. The predicted molar refractivity (Wildman–Crippen MR) is 57.3 cm³/mol. The molecule has 1 rings (SSSR count). The van der Waals surface area contributed by atoms with E-state index in [0.29, 0.717) is 24.3 Å². The van der Waals surface area contributed by atoms with Crippen molar-refractivity contribution in [3.63, 3.8) is 0 Å². The molecule has 96 valence electrons. The Hall–Kier alpha value is -1.31. The average molecular weight is 268 g/mol. The normalized spacial score (nSPS) is 11.5. The number of hydrogen-bond acceptors (Lipinski definition) is 4. The van der Waals surface area contributed by atoms with E-state index in [1.54, 1.807) is 0 Å². The van der Waals surface area contributed by atoms with Gasteiger partial charge in [-0.15, -0.1) is 0 Å². The molecule has 0 fully saturated rings. The van der Waals surface area contributed by atoms with Crippen molar-refractivity contribution >= 4 is 22.4 Å². The van der Waals surface area contributed by atoms with Crippen LogP contribution >= 0.6 is 11.3 Å². The number of aromatic nitrogens is 1. The van der Waals surface area contributed by atoms with E-state index in [0.717, 1.165) is 6.20 Å². The summed E-state index contributed by atoms with van der Waals surface area (Å²) in [7, 11) is 0. The Morgan fingerprint density at radius 1 is 1.59 bits per heavy atom. The van der Waals surface area contributed by atoms with Gasteiger partial charge in [0.05, 0.1) is 6.20 Å². The van der Waals surface area contributed by atoms with Crippen LogP contribution in [0.5, 0.6) is 0 Å². The van der Waals surface area contributed by atoms with Crippen LogP contribution in [0.4, 0.5) is 18.3 Å². The van der Waals surface area contributed by atoms with Crippen LogP contribution < -0.4 is 4.90 Å². The van der Waals surface area contributed by atoms with E-state index in [-0.39, 0.29) is 11.7 Å². The molecule has 17 heavy (non-hydrogen) atoms. The summed E-state index contributed by atoms with van der Waals surface area (Å²) in [6.45, 7) is 1.82. The van der Waals surface area contributed by atoms with E-state index in [2.05, 4.69) is 4.98 Å². The number of carboxylic acid groups (broad SMARTS) is 1. The van der Waals surface area contributed by atoms with Crippen molar-refractivity contribution in [2.75, 3.05) is 18.0 Å². The molecule has 0 spiro atoms. The van der Waals surface area contributed by atoms with Gasteiger partial charge in [0.15, 0.2) is 5.13 Å². The molecule has 0 saturated heterocycles. The van der Waals surface area contributed by atoms with Gasteiger partial charge in [0.2, 0.25) is 0 Å². The monoisotopic (exact) mass is 268 g/mol. The van der Waals surface area contributed by atoms with Gasteiger partial charge in [-0.2, -0.15) is 13.2 Å². The molecule has 0 unspecified atom stereocenters. The highest BCUT2D eigenvalue weighted by Gasteiger charge is 2.34. The molecule has 4 nitrogen and oxygen atoms in total. The van der Waals surface area contributed by atoms with E-state index in [9.17, 15) is 18.0 Å². The number of rotatable bonds is 5. The minimum absolute atomic E-state index is 0.0848. The van der Waals surface area contributed by atoms with E-state index < -0.39 is 17.0 Å². The summed E-state index contributed by atoms with van der Waals surface area (Å²) in [5.41, 5.74) is 0. The zero-order valence-electron chi connectivity index (χ0n) is 8.99. The second-order valence-corrected chi connectivity index (χ2v) is 4.33. The Balaban J connectivity index is 2.87. The van der Waals surface area contributed by atoms with Crippen LogP contribution in [0, 0.1) is 0 Å². The molecule has 0 saturated carbocycles. The van der Waals surface area contributed by atoms with Gasteiger partial charge in [-0.05, 0) is 6.42 Å². The third-order valence-corrected chi connectivity index (χ3v) is 2.97. The zero-order chi connectivity index (χ0) is 13.1. The van der Waals surface area contributed by atoms with E-state index in [1.807, 2.05) is 6.92 Å². The fraction of sp³-hybridized carbons (Fsp3) is 0.556.